The van der Waals surface area contributed by atoms with Gasteiger partial charge in [0.05, 0.1) is 0 Å². The van der Waals surface area contributed by atoms with Crippen LogP contribution in [0.25, 0.3) is 0 Å². The van der Waals surface area contributed by atoms with Gasteiger partial charge >= 0.3 is 12.2 Å². The van der Waals surface area contributed by atoms with Gasteiger partial charge in [-0.05, 0) is 85.7 Å². The highest BCUT2D eigenvalue weighted by atomic mass is 32.2. The van der Waals surface area contributed by atoms with Gasteiger partial charge in [0.15, 0.2) is 0 Å². The van der Waals surface area contributed by atoms with Crippen LogP contribution in [-0.4, -0.2) is 24.7 Å². The number of carbonyl (C=O) groups is 2. The first-order chi connectivity index (χ1) is 15.0. The molecule has 0 unspecified atom stereocenters. The third kappa shape index (κ3) is 6.70. The maximum atomic E-state index is 12.3. The summed E-state index contributed by atoms with van der Waals surface area (Å²) < 4.78 is 10.6. The Labute approximate surface area is 189 Å². The average Bonchev–Trinajstić information content (AvgIpc) is 2.77. The Morgan fingerprint density at radius 2 is 1.19 bits per heavy atom. The lowest BCUT2D eigenvalue weighted by Crippen LogP contribution is -2.19. The summed E-state index contributed by atoms with van der Waals surface area (Å²) in [5.41, 5.74) is 1.82. The van der Waals surface area contributed by atoms with Gasteiger partial charge in [-0.1, -0.05) is 6.07 Å². The number of anilines is 2. The van der Waals surface area contributed by atoms with Crippen molar-refractivity contribution < 1.29 is 19.1 Å². The van der Waals surface area contributed by atoms with E-state index in [0.29, 0.717) is 22.9 Å². The fourth-order valence-electron chi connectivity index (χ4n) is 2.61. The normalized spacial score (nSPS) is 10.3. The van der Waals surface area contributed by atoms with Gasteiger partial charge < -0.3 is 9.47 Å². The number of hydrogen-bond acceptors (Lipinski definition) is 6. The lowest BCUT2D eigenvalue weighted by molar-refractivity contribution is 0.214. The van der Waals surface area contributed by atoms with Crippen LogP contribution in [0.15, 0.2) is 76.5 Å². The molecule has 3 aromatic rings. The largest absolute Gasteiger partial charge is 0.417 e. The maximum Gasteiger partial charge on any atom is 0.417 e. The molecule has 3 aromatic carbocycles. The van der Waals surface area contributed by atoms with E-state index >= 15 is 0 Å². The van der Waals surface area contributed by atoms with Gasteiger partial charge in [0.2, 0.25) is 0 Å². The number of ether oxygens (including phenoxy) is 2. The van der Waals surface area contributed by atoms with Crippen LogP contribution in [0, 0.1) is 6.92 Å². The van der Waals surface area contributed by atoms with E-state index in [-0.39, 0.29) is 0 Å². The molecule has 160 valence electrons. The summed E-state index contributed by atoms with van der Waals surface area (Å²) in [5, 5.41) is 5.36. The summed E-state index contributed by atoms with van der Waals surface area (Å²) in [6.45, 7) is 1.85. The number of hydrogen-bond donors (Lipinski definition) is 2. The van der Waals surface area contributed by atoms with Gasteiger partial charge in [0.25, 0.3) is 0 Å². The van der Waals surface area contributed by atoms with Crippen LogP contribution in [0.3, 0.4) is 0 Å². The molecule has 0 atom stereocenters. The summed E-state index contributed by atoms with van der Waals surface area (Å²) in [7, 11) is 0. The van der Waals surface area contributed by atoms with Crippen molar-refractivity contribution in [2.45, 2.75) is 16.7 Å². The van der Waals surface area contributed by atoms with Crippen molar-refractivity contribution in [2.24, 2.45) is 0 Å². The average molecular weight is 455 g/mol. The first kappa shape index (κ1) is 22.6. The first-order valence-electron chi connectivity index (χ1n) is 9.33. The lowest BCUT2D eigenvalue weighted by atomic mass is 10.2. The van der Waals surface area contributed by atoms with Crippen molar-refractivity contribution in [3.05, 3.63) is 72.3 Å². The molecule has 0 aliphatic carbocycles. The zero-order valence-corrected chi connectivity index (χ0v) is 18.9. The van der Waals surface area contributed by atoms with Gasteiger partial charge in [-0.25, -0.2) is 9.59 Å². The molecule has 0 fully saturated rings. The van der Waals surface area contributed by atoms with Gasteiger partial charge in [0, 0.05) is 21.2 Å². The van der Waals surface area contributed by atoms with Crippen molar-refractivity contribution in [1.29, 1.82) is 0 Å². The second kappa shape index (κ2) is 10.8. The molecule has 0 aliphatic heterocycles. The molecule has 0 aliphatic rings. The third-order valence-corrected chi connectivity index (χ3v) is 5.75. The van der Waals surface area contributed by atoms with E-state index in [1.807, 2.05) is 43.7 Å². The Kier molecular flexibility index (Phi) is 7.86. The molecule has 0 heterocycles. The predicted octanol–water partition coefficient (Wildman–Crippen LogP) is 6.66. The molecule has 0 aromatic heterocycles. The van der Waals surface area contributed by atoms with Crippen LogP contribution in [0.5, 0.6) is 11.5 Å². The fraction of sp³-hybridized carbons (Fsp3) is 0.130. The van der Waals surface area contributed by atoms with Crippen LogP contribution >= 0.6 is 23.5 Å². The number of aryl methyl sites for hydroxylation is 1. The fourth-order valence-corrected chi connectivity index (χ4v) is 3.43. The molecule has 2 N–H and O–H groups in total. The van der Waals surface area contributed by atoms with Crippen molar-refractivity contribution >= 4 is 47.1 Å². The summed E-state index contributed by atoms with van der Waals surface area (Å²) in [5.74, 6) is 0.884. The smallest absolute Gasteiger partial charge is 0.410 e. The minimum Gasteiger partial charge on any atom is -0.410 e. The van der Waals surface area contributed by atoms with Gasteiger partial charge in [-0.15, -0.1) is 23.5 Å². The highest BCUT2D eigenvalue weighted by molar-refractivity contribution is 7.98. The monoisotopic (exact) mass is 454 g/mol. The summed E-state index contributed by atoms with van der Waals surface area (Å²) >= 11 is 3.21. The summed E-state index contributed by atoms with van der Waals surface area (Å²) in [6, 6.07) is 19.6. The van der Waals surface area contributed by atoms with Crippen molar-refractivity contribution in [3.63, 3.8) is 0 Å². The van der Waals surface area contributed by atoms with Crippen LogP contribution < -0.4 is 20.1 Å². The molecular weight excluding hydrogens is 432 g/mol. The lowest BCUT2D eigenvalue weighted by Gasteiger charge is -2.12. The predicted molar refractivity (Wildman–Crippen MR) is 127 cm³/mol. The topological polar surface area (TPSA) is 76.7 Å². The second-order valence-corrected chi connectivity index (χ2v) is 8.17. The molecule has 0 radical (unpaired) electrons. The summed E-state index contributed by atoms with van der Waals surface area (Å²) in [6.07, 6.45) is 2.71. The van der Waals surface area contributed by atoms with Crippen LogP contribution in [0.4, 0.5) is 21.0 Å². The van der Waals surface area contributed by atoms with E-state index in [4.69, 9.17) is 9.47 Å². The molecular formula is C23H22N2O4S2. The second-order valence-electron chi connectivity index (χ2n) is 6.41. The van der Waals surface area contributed by atoms with E-state index in [0.717, 1.165) is 15.4 Å². The Morgan fingerprint density at radius 1 is 0.710 bits per heavy atom. The highest BCUT2D eigenvalue weighted by Gasteiger charge is 2.11. The molecule has 0 saturated heterocycles. The number of nitrogens with one attached hydrogen (secondary N) is 2. The SMILES string of the molecule is CSc1ccc(OC(=O)Nc2ccc(C)c(NC(=O)Oc3ccc(SC)cc3)c2)cc1. The number of benzene rings is 3. The Balaban J connectivity index is 1.60. The van der Waals surface area contributed by atoms with Crippen LogP contribution in [-0.2, 0) is 0 Å². The standard InChI is InChI=1S/C23H22N2O4S2/c1-15-4-5-16(24-22(26)28-17-6-10-19(30-2)11-7-17)14-21(15)25-23(27)29-18-8-12-20(31-3)13-9-18/h4-14H,1-3H3,(H,24,26)(H,25,27). The minimum absolute atomic E-state index is 0.442. The Bertz CT molecular complexity index is 1050. The molecule has 0 saturated carbocycles. The van der Waals surface area contributed by atoms with E-state index in [2.05, 4.69) is 10.6 Å². The molecule has 0 bridgehead atoms. The number of rotatable bonds is 6. The summed E-state index contributed by atoms with van der Waals surface area (Å²) in [4.78, 5) is 26.6. The zero-order chi connectivity index (χ0) is 22.2. The van der Waals surface area contributed by atoms with E-state index in [9.17, 15) is 9.59 Å². The first-order valence-corrected chi connectivity index (χ1v) is 11.8. The molecule has 2 amide bonds. The number of amides is 2. The van der Waals surface area contributed by atoms with Crippen molar-refractivity contribution in [2.75, 3.05) is 23.1 Å². The van der Waals surface area contributed by atoms with E-state index in [1.54, 1.807) is 66.0 Å². The molecule has 6 nitrogen and oxygen atoms in total. The Hall–Kier alpha value is -3.10. The van der Waals surface area contributed by atoms with Gasteiger partial charge in [-0.3, -0.25) is 10.6 Å². The number of carbonyl (C=O) groups excluding carboxylic acids is 2. The zero-order valence-electron chi connectivity index (χ0n) is 17.3. The highest BCUT2D eigenvalue weighted by Crippen LogP contribution is 2.23. The maximum absolute atomic E-state index is 12.3. The molecule has 3 rings (SSSR count). The van der Waals surface area contributed by atoms with Gasteiger partial charge in [-0.2, -0.15) is 0 Å². The number of thioether (sulfide) groups is 2. The van der Waals surface area contributed by atoms with E-state index < -0.39 is 12.2 Å². The van der Waals surface area contributed by atoms with Crippen LogP contribution in [0.1, 0.15) is 5.56 Å². The quantitative estimate of drug-likeness (QED) is 0.406. The molecule has 0 spiro atoms. The molecule has 8 heteroatoms. The van der Waals surface area contributed by atoms with Crippen LogP contribution in [0.2, 0.25) is 0 Å². The van der Waals surface area contributed by atoms with Crippen molar-refractivity contribution in [3.8, 4) is 11.5 Å². The van der Waals surface area contributed by atoms with Gasteiger partial charge in [0.1, 0.15) is 11.5 Å². The third-order valence-electron chi connectivity index (χ3n) is 4.26. The minimum atomic E-state index is -0.622. The Morgan fingerprint density at radius 3 is 1.68 bits per heavy atom. The van der Waals surface area contributed by atoms with Crippen molar-refractivity contribution in [1.82, 2.24) is 0 Å². The van der Waals surface area contributed by atoms with E-state index in [1.165, 1.54) is 0 Å². The molecule has 31 heavy (non-hydrogen) atoms.